The Balaban J connectivity index is 1.84. The van der Waals surface area contributed by atoms with Crippen LogP contribution in [0.3, 0.4) is 0 Å². The number of amides is 1. The molecule has 0 aliphatic heterocycles. The topological polar surface area (TPSA) is 110 Å². The minimum absolute atomic E-state index is 0.0551. The Morgan fingerprint density at radius 1 is 1.10 bits per heavy atom. The van der Waals surface area contributed by atoms with Gasteiger partial charge in [0.15, 0.2) is 0 Å². The molecule has 0 fully saturated rings. The lowest BCUT2D eigenvalue weighted by molar-refractivity contribution is -0.384. The zero-order valence-electron chi connectivity index (χ0n) is 16.5. The number of nitrogens with zero attached hydrogens (tertiary/aromatic N) is 2. The van der Waals surface area contributed by atoms with Crippen LogP contribution in [0, 0.1) is 10.1 Å². The first-order valence-corrected chi connectivity index (χ1v) is 11.0. The molecule has 0 spiro atoms. The number of non-ortho nitro benzene ring substituents is 1. The lowest BCUT2D eigenvalue weighted by Crippen LogP contribution is -2.47. The largest absolute Gasteiger partial charge is 0.350 e. The molecule has 0 saturated carbocycles. The second-order valence-corrected chi connectivity index (χ2v) is 8.73. The fourth-order valence-corrected chi connectivity index (χ4v) is 4.50. The average molecular weight is 427 g/mol. The normalized spacial score (nSPS) is 12.3. The fourth-order valence-electron chi connectivity index (χ4n) is 3.33. The van der Waals surface area contributed by atoms with E-state index < -0.39 is 26.9 Å². The molecule has 0 aromatic heterocycles. The fraction of sp³-hybridized carbons (Fsp3) is 0.190. The Morgan fingerprint density at radius 2 is 1.77 bits per heavy atom. The number of carbonyl (C=O) groups excluding carboxylic acids is 1. The zero-order chi connectivity index (χ0) is 21.9. The van der Waals surface area contributed by atoms with E-state index in [1.165, 1.54) is 25.1 Å². The maximum atomic E-state index is 12.8. The summed E-state index contributed by atoms with van der Waals surface area (Å²) in [6.07, 6.45) is 0.959. The van der Waals surface area contributed by atoms with Crippen molar-refractivity contribution in [2.75, 3.05) is 10.6 Å². The number of hydrogen-bond donors (Lipinski definition) is 1. The molecule has 9 heteroatoms. The van der Waals surface area contributed by atoms with E-state index in [-0.39, 0.29) is 17.9 Å². The quantitative estimate of drug-likeness (QED) is 0.460. The van der Waals surface area contributed by atoms with Crippen LogP contribution >= 0.6 is 0 Å². The molecule has 3 rings (SSSR count). The van der Waals surface area contributed by atoms with Crippen LogP contribution in [0.2, 0.25) is 0 Å². The zero-order valence-corrected chi connectivity index (χ0v) is 17.3. The van der Waals surface area contributed by atoms with E-state index in [0.29, 0.717) is 0 Å². The van der Waals surface area contributed by atoms with Gasteiger partial charge in [0.25, 0.3) is 5.69 Å². The second-order valence-electron chi connectivity index (χ2n) is 6.87. The van der Waals surface area contributed by atoms with Gasteiger partial charge in [-0.15, -0.1) is 0 Å². The average Bonchev–Trinajstić information content (AvgIpc) is 2.71. The second kappa shape index (κ2) is 8.50. The van der Waals surface area contributed by atoms with Gasteiger partial charge >= 0.3 is 0 Å². The molecule has 30 heavy (non-hydrogen) atoms. The van der Waals surface area contributed by atoms with E-state index in [2.05, 4.69) is 5.32 Å². The molecule has 0 unspecified atom stereocenters. The van der Waals surface area contributed by atoms with Crippen LogP contribution in [0.5, 0.6) is 0 Å². The summed E-state index contributed by atoms with van der Waals surface area (Å²) in [4.78, 5) is 23.2. The third-order valence-electron chi connectivity index (χ3n) is 4.72. The van der Waals surface area contributed by atoms with E-state index in [0.717, 1.165) is 33.0 Å². The molecule has 0 saturated heterocycles. The summed E-state index contributed by atoms with van der Waals surface area (Å²) in [6.45, 7) is 1.66. The summed E-state index contributed by atoms with van der Waals surface area (Å²) in [5.41, 5.74) is 0.693. The predicted octanol–water partition coefficient (Wildman–Crippen LogP) is 3.22. The van der Waals surface area contributed by atoms with Crippen molar-refractivity contribution in [3.63, 3.8) is 0 Å². The van der Waals surface area contributed by atoms with Crippen LogP contribution in [-0.4, -0.2) is 31.5 Å². The van der Waals surface area contributed by atoms with Crippen molar-refractivity contribution in [1.29, 1.82) is 0 Å². The number of nitrogens with one attached hydrogen (secondary N) is 1. The van der Waals surface area contributed by atoms with Crippen molar-refractivity contribution in [3.8, 4) is 0 Å². The highest BCUT2D eigenvalue weighted by atomic mass is 32.2. The highest BCUT2D eigenvalue weighted by Gasteiger charge is 2.30. The van der Waals surface area contributed by atoms with Gasteiger partial charge in [-0.3, -0.25) is 19.2 Å². The van der Waals surface area contributed by atoms with E-state index in [4.69, 9.17) is 0 Å². The maximum absolute atomic E-state index is 12.8. The molecule has 8 nitrogen and oxygen atoms in total. The lowest BCUT2D eigenvalue weighted by Gasteiger charge is -2.28. The SMILES string of the molecule is C[C@H](C(=O)NCc1cccc2ccccc12)N(c1cccc([N+](=O)[O-])c1)S(C)(=O)=O. The minimum Gasteiger partial charge on any atom is -0.350 e. The molecular formula is C21H21N3O5S. The summed E-state index contributed by atoms with van der Waals surface area (Å²) in [5.74, 6) is -0.514. The number of nitro groups is 1. The number of hydrogen-bond acceptors (Lipinski definition) is 5. The maximum Gasteiger partial charge on any atom is 0.271 e. The van der Waals surface area contributed by atoms with Gasteiger partial charge in [0.05, 0.1) is 16.9 Å². The molecule has 156 valence electrons. The van der Waals surface area contributed by atoms with Crippen molar-refractivity contribution in [3.05, 3.63) is 82.4 Å². The lowest BCUT2D eigenvalue weighted by atomic mass is 10.0. The smallest absolute Gasteiger partial charge is 0.271 e. The first-order chi connectivity index (χ1) is 14.2. The van der Waals surface area contributed by atoms with Crippen LogP contribution < -0.4 is 9.62 Å². The molecule has 1 amide bonds. The standard InChI is InChI=1S/C21H21N3O5S/c1-15(23(30(2,28)29)18-10-6-11-19(13-18)24(26)27)21(25)22-14-17-9-5-8-16-7-3-4-12-20(16)17/h3-13,15H,14H2,1-2H3,(H,22,25)/t15-/m1/s1. The van der Waals surface area contributed by atoms with Crippen LogP contribution in [0.1, 0.15) is 12.5 Å². The first kappa shape index (κ1) is 21.3. The van der Waals surface area contributed by atoms with E-state index in [1.807, 2.05) is 42.5 Å². The van der Waals surface area contributed by atoms with Crippen LogP contribution in [-0.2, 0) is 21.4 Å². The third kappa shape index (κ3) is 4.57. The number of benzene rings is 3. The highest BCUT2D eigenvalue weighted by molar-refractivity contribution is 7.92. The minimum atomic E-state index is -3.87. The van der Waals surface area contributed by atoms with E-state index >= 15 is 0 Å². The molecule has 0 aliphatic carbocycles. The molecule has 3 aromatic carbocycles. The molecule has 0 radical (unpaired) electrons. The summed E-state index contributed by atoms with van der Waals surface area (Å²) in [7, 11) is -3.87. The summed E-state index contributed by atoms with van der Waals surface area (Å²) < 4.78 is 25.7. The van der Waals surface area contributed by atoms with Crippen LogP contribution in [0.25, 0.3) is 10.8 Å². The number of anilines is 1. The van der Waals surface area contributed by atoms with Gasteiger partial charge in [0.2, 0.25) is 15.9 Å². The monoisotopic (exact) mass is 427 g/mol. The molecule has 0 heterocycles. The summed E-state index contributed by atoms with van der Waals surface area (Å²) >= 11 is 0. The molecule has 1 atom stereocenters. The number of carbonyl (C=O) groups is 1. The van der Waals surface area contributed by atoms with Crippen LogP contribution in [0.15, 0.2) is 66.7 Å². The highest BCUT2D eigenvalue weighted by Crippen LogP contribution is 2.25. The summed E-state index contributed by atoms with van der Waals surface area (Å²) in [6, 6.07) is 17.6. The predicted molar refractivity (Wildman–Crippen MR) is 116 cm³/mol. The number of fused-ring (bicyclic) bond motifs is 1. The number of nitro benzene ring substituents is 1. The van der Waals surface area contributed by atoms with Gasteiger partial charge in [-0.05, 0) is 29.3 Å². The van der Waals surface area contributed by atoms with Gasteiger partial charge in [0.1, 0.15) is 6.04 Å². The van der Waals surface area contributed by atoms with E-state index in [9.17, 15) is 23.3 Å². The Hall–Kier alpha value is -3.46. The Morgan fingerprint density at radius 3 is 2.47 bits per heavy atom. The van der Waals surface area contributed by atoms with Crippen molar-refractivity contribution in [1.82, 2.24) is 5.32 Å². The van der Waals surface area contributed by atoms with Crippen molar-refractivity contribution in [2.45, 2.75) is 19.5 Å². The molecule has 0 bridgehead atoms. The van der Waals surface area contributed by atoms with Gasteiger partial charge in [-0.2, -0.15) is 0 Å². The molecular weight excluding hydrogens is 406 g/mol. The first-order valence-electron chi connectivity index (χ1n) is 9.16. The molecule has 3 aromatic rings. The van der Waals surface area contributed by atoms with Gasteiger partial charge in [0, 0.05) is 18.7 Å². The van der Waals surface area contributed by atoms with Crippen molar-refractivity contribution < 1.29 is 18.1 Å². The van der Waals surface area contributed by atoms with Crippen molar-refractivity contribution >= 4 is 38.1 Å². The van der Waals surface area contributed by atoms with Gasteiger partial charge in [-0.25, -0.2) is 8.42 Å². The van der Waals surface area contributed by atoms with E-state index in [1.54, 1.807) is 0 Å². The van der Waals surface area contributed by atoms with Crippen LogP contribution in [0.4, 0.5) is 11.4 Å². The Labute approximate surface area is 174 Å². The third-order valence-corrected chi connectivity index (χ3v) is 5.96. The molecule has 1 N–H and O–H groups in total. The molecule has 0 aliphatic rings. The Bertz CT molecular complexity index is 1200. The van der Waals surface area contributed by atoms with Gasteiger partial charge < -0.3 is 5.32 Å². The summed E-state index contributed by atoms with van der Waals surface area (Å²) in [5, 5.41) is 15.9. The number of rotatable bonds is 7. The Kier molecular flexibility index (Phi) is 6.02. The van der Waals surface area contributed by atoms with Crippen molar-refractivity contribution in [2.24, 2.45) is 0 Å². The van der Waals surface area contributed by atoms with Gasteiger partial charge in [-0.1, -0.05) is 48.5 Å². The number of sulfonamides is 1.